The van der Waals surface area contributed by atoms with Gasteiger partial charge in [-0.15, -0.1) is 0 Å². The van der Waals surface area contributed by atoms with Crippen LogP contribution in [-0.4, -0.2) is 61.4 Å². The van der Waals surface area contributed by atoms with Gasteiger partial charge in [-0.2, -0.15) is 0 Å². The maximum atomic E-state index is 12.3. The Morgan fingerprint density at radius 2 is 1.88 bits per heavy atom. The average Bonchev–Trinajstić information content (AvgIpc) is 2.73. The smallest absolute Gasteiger partial charge is 0.407 e. The number of benzene rings is 1. The van der Waals surface area contributed by atoms with Gasteiger partial charge in [-0.05, 0) is 35.3 Å². The first-order chi connectivity index (χ1) is 15.3. The second kappa shape index (κ2) is 9.72. The third-order valence-corrected chi connectivity index (χ3v) is 7.03. The summed E-state index contributed by atoms with van der Waals surface area (Å²) in [5.41, 5.74) is 1.38. The van der Waals surface area contributed by atoms with Crippen molar-refractivity contribution >= 4 is 49.4 Å². The fourth-order valence-electron chi connectivity index (χ4n) is 3.72. The normalized spacial score (nSPS) is 17.4. The zero-order chi connectivity index (χ0) is 24.4. The molecule has 0 aliphatic carbocycles. The topological polar surface area (TPSA) is 103 Å². The molecule has 1 atom stereocenters. The number of piperazine rings is 1. The number of amides is 1. The lowest BCUT2D eigenvalue weighted by Crippen LogP contribution is -2.59. The zero-order valence-corrected chi connectivity index (χ0v) is 21.5. The van der Waals surface area contributed by atoms with Gasteiger partial charge in [0.2, 0.25) is 0 Å². The van der Waals surface area contributed by atoms with Gasteiger partial charge in [-0.3, -0.25) is 0 Å². The van der Waals surface area contributed by atoms with Gasteiger partial charge in [0.15, 0.2) is 14.9 Å². The number of hydrogen-bond donors (Lipinski definition) is 2. The number of halogens is 1. The lowest BCUT2D eigenvalue weighted by molar-refractivity contribution is 0.0748. The van der Waals surface area contributed by atoms with Crippen LogP contribution in [0, 0.1) is 5.41 Å². The van der Waals surface area contributed by atoms with Gasteiger partial charge in [0, 0.05) is 48.3 Å². The highest BCUT2D eigenvalue weighted by Crippen LogP contribution is 2.31. The maximum Gasteiger partial charge on any atom is 0.407 e. The number of carbonyl (C=O) groups is 1. The summed E-state index contributed by atoms with van der Waals surface area (Å²) < 4.78 is 25.6. The Hall–Kier alpha value is -2.59. The Morgan fingerprint density at radius 1 is 1.21 bits per heavy atom. The van der Waals surface area contributed by atoms with Crippen LogP contribution < -0.4 is 10.2 Å². The van der Waals surface area contributed by atoms with Crippen LogP contribution in [0.5, 0.6) is 0 Å². The number of rotatable bonds is 5. The van der Waals surface area contributed by atoms with Crippen LogP contribution in [0.4, 0.5) is 16.3 Å². The van der Waals surface area contributed by atoms with Crippen molar-refractivity contribution < 1.29 is 18.3 Å². The highest BCUT2D eigenvalue weighted by molar-refractivity contribution is 9.10. The summed E-state index contributed by atoms with van der Waals surface area (Å²) in [6, 6.07) is 10.9. The minimum absolute atomic E-state index is 0.0347. The molecule has 2 heterocycles. The molecule has 0 radical (unpaired) electrons. The number of carboxylic acid groups (broad SMARTS) is 1. The SMILES string of the molecule is CC(C)(C)C1CN(c2cc(NC=Cc3ccc(Br)cc3)nc(S(C)(=O)=O)c2)CCN1C(=O)O. The molecule has 1 aromatic carbocycles. The summed E-state index contributed by atoms with van der Waals surface area (Å²) in [5.74, 6) is 0.397. The van der Waals surface area contributed by atoms with Crippen molar-refractivity contribution in [1.29, 1.82) is 0 Å². The van der Waals surface area contributed by atoms with E-state index in [1.165, 1.54) is 4.90 Å². The summed E-state index contributed by atoms with van der Waals surface area (Å²) in [5, 5.41) is 12.7. The van der Waals surface area contributed by atoms with E-state index in [9.17, 15) is 18.3 Å². The quantitative estimate of drug-likeness (QED) is 0.577. The van der Waals surface area contributed by atoms with Gasteiger partial charge >= 0.3 is 6.09 Å². The summed E-state index contributed by atoms with van der Waals surface area (Å²) in [6.45, 7) is 7.26. The van der Waals surface area contributed by atoms with Gasteiger partial charge in [0.05, 0.1) is 6.04 Å². The lowest BCUT2D eigenvalue weighted by Gasteiger charge is -2.46. The Morgan fingerprint density at radius 3 is 2.45 bits per heavy atom. The first-order valence-electron chi connectivity index (χ1n) is 10.5. The number of hydrogen-bond acceptors (Lipinski definition) is 6. The summed E-state index contributed by atoms with van der Waals surface area (Å²) in [4.78, 5) is 19.5. The molecule has 3 rings (SSSR count). The van der Waals surface area contributed by atoms with E-state index in [0.717, 1.165) is 16.3 Å². The standard InChI is InChI=1S/C23H29BrN4O4S/c1-23(2,3)19-15-27(11-12-28(19)22(29)30)18-13-20(26-21(14-18)33(4,31)32)25-10-9-16-5-7-17(24)8-6-16/h5-10,13-14,19H,11-12,15H2,1-4H3,(H,25,26)(H,29,30). The fourth-order valence-corrected chi connectivity index (χ4v) is 4.59. The minimum Gasteiger partial charge on any atom is -0.465 e. The van der Waals surface area contributed by atoms with Crippen molar-refractivity contribution in [3.8, 4) is 0 Å². The number of anilines is 2. The molecule has 1 aromatic heterocycles. The number of nitrogens with zero attached hydrogens (tertiary/aromatic N) is 3. The van der Waals surface area contributed by atoms with Crippen molar-refractivity contribution in [1.82, 2.24) is 9.88 Å². The first kappa shape index (κ1) is 25.0. The Kier molecular flexibility index (Phi) is 7.38. The molecule has 178 valence electrons. The van der Waals surface area contributed by atoms with Crippen molar-refractivity contribution in [2.24, 2.45) is 5.41 Å². The number of sulfone groups is 1. The first-order valence-corrected chi connectivity index (χ1v) is 13.2. The molecule has 1 amide bonds. The van der Waals surface area contributed by atoms with Gasteiger partial charge < -0.3 is 20.2 Å². The van der Waals surface area contributed by atoms with Gasteiger partial charge in [-0.25, -0.2) is 18.2 Å². The van der Waals surface area contributed by atoms with Crippen LogP contribution in [0.1, 0.15) is 26.3 Å². The van der Waals surface area contributed by atoms with E-state index in [2.05, 4.69) is 26.2 Å². The van der Waals surface area contributed by atoms with Gasteiger partial charge in [-0.1, -0.05) is 48.8 Å². The second-order valence-corrected chi connectivity index (χ2v) is 12.0. The van der Waals surface area contributed by atoms with Gasteiger partial charge in [0.25, 0.3) is 0 Å². The Balaban J connectivity index is 1.90. The van der Waals surface area contributed by atoms with E-state index in [0.29, 0.717) is 31.1 Å². The molecule has 1 saturated heterocycles. The molecular formula is C23H29BrN4O4S. The van der Waals surface area contributed by atoms with Crippen molar-refractivity contribution in [2.45, 2.75) is 31.8 Å². The monoisotopic (exact) mass is 536 g/mol. The third-order valence-electron chi connectivity index (χ3n) is 5.53. The van der Waals surface area contributed by atoms with E-state index in [1.54, 1.807) is 18.3 Å². The van der Waals surface area contributed by atoms with E-state index < -0.39 is 15.9 Å². The van der Waals surface area contributed by atoms with Crippen LogP contribution in [0.3, 0.4) is 0 Å². The molecule has 1 unspecified atom stereocenters. The summed E-state index contributed by atoms with van der Waals surface area (Å²) in [7, 11) is -3.55. The molecule has 1 aliphatic heterocycles. The molecule has 0 saturated carbocycles. The molecule has 8 nitrogen and oxygen atoms in total. The largest absolute Gasteiger partial charge is 0.465 e. The number of nitrogens with one attached hydrogen (secondary N) is 1. The van der Waals surface area contributed by atoms with Crippen LogP contribution >= 0.6 is 15.9 Å². The van der Waals surface area contributed by atoms with E-state index in [4.69, 9.17) is 0 Å². The van der Waals surface area contributed by atoms with E-state index >= 15 is 0 Å². The second-order valence-electron chi connectivity index (χ2n) is 9.15. The molecule has 1 aliphatic rings. The minimum atomic E-state index is -3.55. The highest BCUT2D eigenvalue weighted by atomic mass is 79.9. The van der Waals surface area contributed by atoms with Crippen LogP contribution in [0.25, 0.3) is 6.08 Å². The fraction of sp³-hybridized carbons (Fsp3) is 0.391. The third kappa shape index (κ3) is 6.48. The van der Waals surface area contributed by atoms with Crippen molar-refractivity contribution in [3.63, 3.8) is 0 Å². The predicted octanol–water partition coefficient (Wildman–Crippen LogP) is 4.55. The summed E-state index contributed by atoms with van der Waals surface area (Å²) >= 11 is 3.40. The van der Waals surface area contributed by atoms with Crippen LogP contribution in [0.15, 0.2) is 52.1 Å². The molecule has 2 aromatic rings. The molecule has 1 fully saturated rings. The molecule has 0 bridgehead atoms. The van der Waals surface area contributed by atoms with Crippen molar-refractivity contribution in [2.75, 3.05) is 36.1 Å². The zero-order valence-electron chi connectivity index (χ0n) is 19.1. The molecule has 33 heavy (non-hydrogen) atoms. The average molecular weight is 537 g/mol. The molecule has 0 spiro atoms. The van der Waals surface area contributed by atoms with E-state index in [1.807, 2.05) is 56.0 Å². The Labute approximate surface area is 203 Å². The number of aromatic nitrogens is 1. The maximum absolute atomic E-state index is 12.3. The predicted molar refractivity (Wildman–Crippen MR) is 134 cm³/mol. The van der Waals surface area contributed by atoms with Gasteiger partial charge in [0.1, 0.15) is 5.82 Å². The summed E-state index contributed by atoms with van der Waals surface area (Å²) in [6.07, 6.45) is 3.76. The van der Waals surface area contributed by atoms with E-state index in [-0.39, 0.29) is 16.5 Å². The van der Waals surface area contributed by atoms with Crippen molar-refractivity contribution in [3.05, 3.63) is 52.6 Å². The lowest BCUT2D eigenvalue weighted by atomic mass is 9.84. The molecular weight excluding hydrogens is 508 g/mol. The Bertz CT molecular complexity index is 1140. The van der Waals surface area contributed by atoms with Crippen LogP contribution in [-0.2, 0) is 9.84 Å². The van der Waals surface area contributed by atoms with Crippen LogP contribution in [0.2, 0.25) is 0 Å². The highest BCUT2D eigenvalue weighted by Gasteiger charge is 2.38. The number of pyridine rings is 1. The molecule has 2 N–H and O–H groups in total. The molecule has 10 heteroatoms.